The van der Waals surface area contributed by atoms with Crippen molar-refractivity contribution in [3.8, 4) is 0 Å². The van der Waals surface area contributed by atoms with Gasteiger partial charge in [-0.05, 0) is 60.5 Å². The van der Waals surface area contributed by atoms with E-state index in [0.717, 1.165) is 29.3 Å². The van der Waals surface area contributed by atoms with Gasteiger partial charge in [0.2, 0.25) is 0 Å². The molecule has 0 atom stereocenters. The monoisotopic (exact) mass is 518 g/mol. The quantitative estimate of drug-likeness (QED) is 0.294. The molecule has 0 radical (unpaired) electrons. The number of esters is 1. The number of carbonyl (C=O) groups excluding carboxylic acids is 1. The molecule has 4 rings (SSSR count). The lowest BCUT2D eigenvalue weighted by Gasteiger charge is -2.14. The van der Waals surface area contributed by atoms with Gasteiger partial charge in [0.1, 0.15) is 11.3 Å². The highest BCUT2D eigenvalue weighted by atomic mass is 32.2. The van der Waals surface area contributed by atoms with E-state index in [1.165, 1.54) is 13.2 Å². The molecule has 0 spiro atoms. The number of methoxy groups -OCH3 is 1. The van der Waals surface area contributed by atoms with E-state index >= 15 is 0 Å². The number of nitrogens with zero attached hydrogens (tertiary/aromatic N) is 1. The number of pyridine rings is 1. The lowest BCUT2D eigenvalue weighted by molar-refractivity contribution is -0.137. The van der Waals surface area contributed by atoms with Crippen LogP contribution in [0.2, 0.25) is 0 Å². The van der Waals surface area contributed by atoms with Gasteiger partial charge >= 0.3 is 12.1 Å². The van der Waals surface area contributed by atoms with Crippen molar-refractivity contribution in [3.05, 3.63) is 83.2 Å². The Morgan fingerprint density at radius 3 is 2.58 bits per heavy atom. The summed E-state index contributed by atoms with van der Waals surface area (Å²) in [6.07, 6.45) is -3.08. The molecule has 4 aromatic rings. The molecule has 2 heterocycles. The fourth-order valence-corrected chi connectivity index (χ4v) is 4.60. The lowest BCUT2D eigenvalue weighted by Crippen LogP contribution is -2.15. The Hall–Kier alpha value is -4.06. The molecule has 3 N–H and O–H groups in total. The van der Waals surface area contributed by atoms with Crippen LogP contribution in [0.3, 0.4) is 0 Å². The van der Waals surface area contributed by atoms with Crippen molar-refractivity contribution in [1.29, 1.82) is 0 Å². The average Bonchev–Trinajstić information content (AvgIpc) is 3.27. The van der Waals surface area contributed by atoms with E-state index in [4.69, 9.17) is 4.74 Å². The average molecular weight is 519 g/mol. The number of halogens is 3. The minimum atomic E-state index is -4.66. The minimum Gasteiger partial charge on any atom is -0.464 e. The predicted octanol–water partition coefficient (Wildman–Crippen LogP) is 5.09. The third kappa shape index (κ3) is 5.43. The number of hydrogen-bond acceptors (Lipinski definition) is 6. The summed E-state index contributed by atoms with van der Waals surface area (Å²) in [5.74, 6) is -0.512. The van der Waals surface area contributed by atoms with Gasteiger partial charge in [0.05, 0.1) is 29.5 Å². The molecule has 0 unspecified atom stereocenters. The van der Waals surface area contributed by atoms with Crippen molar-refractivity contribution >= 4 is 38.4 Å². The van der Waals surface area contributed by atoms with Gasteiger partial charge in [-0.15, -0.1) is 0 Å². The Morgan fingerprint density at radius 1 is 1.08 bits per heavy atom. The molecular formula is C24H21F3N4O4S. The van der Waals surface area contributed by atoms with Crippen LogP contribution in [0.1, 0.15) is 27.2 Å². The van der Waals surface area contributed by atoms with E-state index < -0.39 is 32.6 Å². The summed E-state index contributed by atoms with van der Waals surface area (Å²) in [4.78, 5) is 18.4. The molecule has 2 aromatic heterocycles. The Labute approximate surface area is 204 Å². The molecular weight excluding hydrogens is 497 g/mol. The van der Waals surface area contributed by atoms with Crippen LogP contribution in [0, 0.1) is 6.92 Å². The Kier molecular flexibility index (Phi) is 6.63. The summed E-state index contributed by atoms with van der Waals surface area (Å²) in [5.41, 5.74) is 2.23. The zero-order valence-electron chi connectivity index (χ0n) is 19.1. The minimum absolute atomic E-state index is 0.205. The number of rotatable bonds is 7. The van der Waals surface area contributed by atoms with Crippen molar-refractivity contribution in [2.75, 3.05) is 17.1 Å². The first-order valence-corrected chi connectivity index (χ1v) is 12.0. The molecule has 0 saturated heterocycles. The Balaban J connectivity index is 1.51. The van der Waals surface area contributed by atoms with Gasteiger partial charge in [0.15, 0.2) is 0 Å². The number of benzene rings is 2. The second-order valence-electron chi connectivity index (χ2n) is 7.96. The number of ether oxygens (including phenoxy) is 1. The van der Waals surface area contributed by atoms with Crippen molar-refractivity contribution < 1.29 is 31.1 Å². The number of hydrogen-bond donors (Lipinski definition) is 3. The fraction of sp³-hybridized carbons (Fsp3) is 0.167. The number of carbonyl (C=O) groups is 1. The molecule has 12 heteroatoms. The summed E-state index contributed by atoms with van der Waals surface area (Å²) in [6, 6.07) is 11.8. The first kappa shape index (κ1) is 25.0. The lowest BCUT2D eigenvalue weighted by atomic mass is 10.1. The van der Waals surface area contributed by atoms with Gasteiger partial charge in [0, 0.05) is 17.6 Å². The molecule has 0 bridgehead atoms. The standard InChI is InChI=1S/C24H21F3N4O4S/c1-14-6-7-18(31-36(33,34)20-5-3-4-17(11-20)24(25,26)27)9-16(14)12-28-19-8-15-10-21(23(32)35-2)30-22(15)29-13-19/h3-11,13,28,31H,12H2,1-2H3,(H,29,30). The zero-order valence-corrected chi connectivity index (χ0v) is 19.9. The molecule has 0 saturated carbocycles. The SMILES string of the molecule is COC(=O)c1cc2cc(NCc3cc(NS(=O)(=O)c4cccc(C(F)(F)F)c4)ccc3C)cnc2[nH]1. The van der Waals surface area contributed by atoms with Gasteiger partial charge in [-0.25, -0.2) is 18.2 Å². The molecule has 0 amide bonds. The largest absolute Gasteiger partial charge is 0.464 e. The maximum atomic E-state index is 13.0. The normalized spacial score (nSPS) is 11.9. The maximum Gasteiger partial charge on any atom is 0.416 e. The molecule has 36 heavy (non-hydrogen) atoms. The predicted molar refractivity (Wildman–Crippen MR) is 128 cm³/mol. The third-order valence-corrected chi connectivity index (χ3v) is 6.81. The molecule has 0 aliphatic rings. The highest BCUT2D eigenvalue weighted by Gasteiger charge is 2.31. The number of nitrogens with one attached hydrogen (secondary N) is 3. The smallest absolute Gasteiger partial charge is 0.416 e. The van der Waals surface area contributed by atoms with Gasteiger partial charge < -0.3 is 15.0 Å². The maximum absolute atomic E-state index is 13.0. The topological polar surface area (TPSA) is 113 Å². The number of anilines is 2. The summed E-state index contributed by atoms with van der Waals surface area (Å²) < 4.78 is 71.5. The van der Waals surface area contributed by atoms with Crippen LogP contribution >= 0.6 is 0 Å². The number of H-pyrrole nitrogens is 1. The van der Waals surface area contributed by atoms with E-state index in [1.807, 2.05) is 6.92 Å². The Bertz CT molecular complexity index is 1550. The number of sulfonamides is 1. The van der Waals surface area contributed by atoms with Crippen LogP contribution in [0.25, 0.3) is 11.0 Å². The molecule has 188 valence electrons. The van der Waals surface area contributed by atoms with Crippen LogP contribution in [0.15, 0.2) is 65.7 Å². The molecule has 0 aliphatic carbocycles. The zero-order chi connectivity index (χ0) is 26.1. The summed E-state index contributed by atoms with van der Waals surface area (Å²) in [7, 11) is -2.96. The summed E-state index contributed by atoms with van der Waals surface area (Å²) in [6.45, 7) is 2.16. The second-order valence-corrected chi connectivity index (χ2v) is 9.64. The number of fused-ring (bicyclic) bond motifs is 1. The number of aromatic nitrogens is 2. The van der Waals surface area contributed by atoms with E-state index in [9.17, 15) is 26.4 Å². The van der Waals surface area contributed by atoms with Crippen LogP contribution in [0.5, 0.6) is 0 Å². The molecule has 8 nitrogen and oxygen atoms in total. The number of alkyl halides is 3. The first-order valence-electron chi connectivity index (χ1n) is 10.6. The van der Waals surface area contributed by atoms with Gasteiger partial charge in [-0.2, -0.15) is 13.2 Å². The van der Waals surface area contributed by atoms with Crippen LogP contribution in [-0.2, 0) is 27.5 Å². The number of aromatic amines is 1. The fourth-order valence-electron chi connectivity index (χ4n) is 3.51. The van der Waals surface area contributed by atoms with Crippen molar-refractivity contribution in [3.63, 3.8) is 0 Å². The molecule has 0 aliphatic heterocycles. The second kappa shape index (κ2) is 9.53. The van der Waals surface area contributed by atoms with Crippen LogP contribution < -0.4 is 10.0 Å². The van der Waals surface area contributed by atoms with Crippen LogP contribution in [-0.4, -0.2) is 31.5 Å². The van der Waals surface area contributed by atoms with Crippen LogP contribution in [0.4, 0.5) is 24.5 Å². The van der Waals surface area contributed by atoms with Gasteiger partial charge in [-0.3, -0.25) is 4.72 Å². The highest BCUT2D eigenvalue weighted by molar-refractivity contribution is 7.92. The van der Waals surface area contributed by atoms with Gasteiger partial charge in [-0.1, -0.05) is 12.1 Å². The Morgan fingerprint density at radius 2 is 1.86 bits per heavy atom. The van der Waals surface area contributed by atoms with E-state index in [0.29, 0.717) is 29.3 Å². The first-order chi connectivity index (χ1) is 17.0. The summed E-state index contributed by atoms with van der Waals surface area (Å²) in [5, 5.41) is 3.89. The third-order valence-electron chi connectivity index (χ3n) is 5.43. The summed E-state index contributed by atoms with van der Waals surface area (Å²) >= 11 is 0. The van der Waals surface area contributed by atoms with E-state index in [-0.39, 0.29) is 11.4 Å². The van der Waals surface area contributed by atoms with Crippen molar-refractivity contribution in [2.24, 2.45) is 0 Å². The van der Waals surface area contributed by atoms with Gasteiger partial charge in [0.25, 0.3) is 10.0 Å². The van der Waals surface area contributed by atoms with E-state index in [2.05, 4.69) is 20.0 Å². The van der Waals surface area contributed by atoms with Crippen molar-refractivity contribution in [1.82, 2.24) is 9.97 Å². The highest BCUT2D eigenvalue weighted by Crippen LogP contribution is 2.31. The number of aryl methyl sites for hydroxylation is 1. The van der Waals surface area contributed by atoms with Crippen molar-refractivity contribution in [2.45, 2.75) is 24.5 Å². The molecule has 2 aromatic carbocycles. The molecule has 0 fully saturated rings. The van der Waals surface area contributed by atoms with E-state index in [1.54, 1.807) is 30.5 Å².